The standard InChI is InChI=1S/C32H54N4O11/c1-3-46-19-20-47-18-6-17-33-31(43)25(14-16-29(40)41)35-28(39)15-13-26(32(44)45)36-30(42)24-11-9-23(10-12-24)21-34-27(38)8-5-4-7-22(2)37/h23-26,37H,2-21H2,1H3,(H,33,43)(H,34,38)(H,35,39)(H,36,42)(H,40,41)(H,44,45). The van der Waals surface area contributed by atoms with Crippen LogP contribution < -0.4 is 21.3 Å². The predicted molar refractivity (Wildman–Crippen MR) is 171 cm³/mol. The van der Waals surface area contributed by atoms with E-state index in [0.29, 0.717) is 90.8 Å². The molecule has 1 fully saturated rings. The molecule has 0 aromatic rings. The van der Waals surface area contributed by atoms with Crippen molar-refractivity contribution in [2.24, 2.45) is 11.8 Å². The van der Waals surface area contributed by atoms with Gasteiger partial charge in [0.15, 0.2) is 0 Å². The van der Waals surface area contributed by atoms with Gasteiger partial charge in [0.25, 0.3) is 0 Å². The van der Waals surface area contributed by atoms with Gasteiger partial charge in [-0.05, 0) is 70.6 Å². The number of allylic oxidation sites excluding steroid dienone is 1. The van der Waals surface area contributed by atoms with Crippen LogP contribution in [0.3, 0.4) is 0 Å². The number of aliphatic carboxylic acids is 2. The van der Waals surface area contributed by atoms with E-state index in [0.717, 1.165) is 0 Å². The van der Waals surface area contributed by atoms with Gasteiger partial charge < -0.3 is 46.1 Å². The van der Waals surface area contributed by atoms with Gasteiger partial charge in [-0.2, -0.15) is 0 Å². The Hall–Kier alpha value is -3.72. The Labute approximate surface area is 276 Å². The SMILES string of the molecule is C=C(O)CCCCC(=O)NCC1CCC(C(=O)NC(CCC(=O)NC(CCC(=O)O)C(=O)NCCCOCCOCC)C(=O)O)CC1. The number of aliphatic hydroxyl groups is 1. The summed E-state index contributed by atoms with van der Waals surface area (Å²) in [5.41, 5.74) is 0. The highest BCUT2D eigenvalue weighted by Crippen LogP contribution is 2.28. The van der Waals surface area contributed by atoms with Gasteiger partial charge in [0, 0.05) is 57.9 Å². The van der Waals surface area contributed by atoms with Gasteiger partial charge >= 0.3 is 11.9 Å². The number of carboxylic acid groups (broad SMARTS) is 2. The van der Waals surface area contributed by atoms with Crippen molar-refractivity contribution in [3.8, 4) is 0 Å². The summed E-state index contributed by atoms with van der Waals surface area (Å²) in [4.78, 5) is 73.1. The summed E-state index contributed by atoms with van der Waals surface area (Å²) in [5.74, 6) is -4.17. The zero-order valence-corrected chi connectivity index (χ0v) is 27.6. The number of carbonyl (C=O) groups excluding carboxylic acids is 4. The minimum Gasteiger partial charge on any atom is -0.513 e. The van der Waals surface area contributed by atoms with E-state index < -0.39 is 41.7 Å². The topological polar surface area (TPSA) is 230 Å². The average Bonchev–Trinajstić information content (AvgIpc) is 3.03. The van der Waals surface area contributed by atoms with E-state index in [1.165, 1.54) is 0 Å². The van der Waals surface area contributed by atoms with Crippen LogP contribution in [0.25, 0.3) is 0 Å². The maximum absolute atomic E-state index is 12.9. The van der Waals surface area contributed by atoms with Gasteiger partial charge in [-0.25, -0.2) is 4.79 Å². The number of aliphatic hydroxyl groups excluding tert-OH is 1. The van der Waals surface area contributed by atoms with Crippen molar-refractivity contribution >= 4 is 35.6 Å². The molecule has 0 saturated heterocycles. The summed E-state index contributed by atoms with van der Waals surface area (Å²) in [5, 5.41) is 38.4. The maximum Gasteiger partial charge on any atom is 0.326 e. The Bertz CT molecular complexity index is 1020. The number of amides is 4. The molecular formula is C32H54N4O11. The molecule has 15 heteroatoms. The van der Waals surface area contributed by atoms with E-state index in [4.69, 9.17) is 19.7 Å². The average molecular weight is 671 g/mol. The van der Waals surface area contributed by atoms with Crippen molar-refractivity contribution in [3.63, 3.8) is 0 Å². The number of hydrogen-bond acceptors (Lipinski definition) is 9. The molecule has 0 aromatic carbocycles. The quantitative estimate of drug-likeness (QED) is 0.0518. The van der Waals surface area contributed by atoms with Gasteiger partial charge in [-0.15, -0.1) is 0 Å². The number of ether oxygens (including phenoxy) is 2. The molecule has 2 atom stereocenters. The second-order valence-electron chi connectivity index (χ2n) is 11.7. The summed E-state index contributed by atoms with van der Waals surface area (Å²) < 4.78 is 10.5. The number of carboxylic acids is 2. The zero-order valence-electron chi connectivity index (χ0n) is 27.6. The molecule has 7 N–H and O–H groups in total. The predicted octanol–water partition coefficient (Wildman–Crippen LogP) is 1.80. The minimum atomic E-state index is -1.32. The molecule has 0 radical (unpaired) electrons. The summed E-state index contributed by atoms with van der Waals surface area (Å²) >= 11 is 0. The van der Waals surface area contributed by atoms with E-state index >= 15 is 0 Å². The van der Waals surface area contributed by atoms with Crippen molar-refractivity contribution < 1.29 is 53.6 Å². The Morgan fingerprint density at radius 1 is 0.745 bits per heavy atom. The molecule has 0 spiro atoms. The van der Waals surface area contributed by atoms with Gasteiger partial charge in [0.2, 0.25) is 23.6 Å². The van der Waals surface area contributed by atoms with Crippen LogP contribution in [0.15, 0.2) is 12.3 Å². The van der Waals surface area contributed by atoms with Gasteiger partial charge in [-0.3, -0.25) is 24.0 Å². The summed E-state index contributed by atoms with van der Waals surface area (Å²) in [6.45, 7) is 7.91. The van der Waals surface area contributed by atoms with Crippen molar-refractivity contribution in [1.82, 2.24) is 21.3 Å². The third kappa shape index (κ3) is 20.2. The normalized spacial score (nSPS) is 17.1. The Morgan fingerprint density at radius 3 is 2.04 bits per heavy atom. The molecule has 0 aromatic heterocycles. The van der Waals surface area contributed by atoms with Crippen LogP contribution in [0, 0.1) is 11.8 Å². The fraction of sp³-hybridized carbons (Fsp3) is 0.750. The van der Waals surface area contributed by atoms with Crippen molar-refractivity contribution in [2.45, 2.75) is 102 Å². The highest BCUT2D eigenvalue weighted by molar-refractivity contribution is 5.89. The minimum absolute atomic E-state index is 0.0644. The second kappa shape index (κ2) is 24.5. The van der Waals surface area contributed by atoms with Crippen LogP contribution in [0.4, 0.5) is 0 Å². The molecule has 268 valence electrons. The van der Waals surface area contributed by atoms with E-state index in [9.17, 15) is 33.9 Å². The molecule has 0 heterocycles. The lowest BCUT2D eigenvalue weighted by Gasteiger charge is -2.28. The van der Waals surface area contributed by atoms with Crippen LogP contribution in [0.2, 0.25) is 0 Å². The van der Waals surface area contributed by atoms with E-state index in [-0.39, 0.29) is 55.7 Å². The maximum atomic E-state index is 12.9. The Kier molecular flexibility index (Phi) is 21.5. The Balaban J connectivity index is 2.46. The first-order valence-electron chi connectivity index (χ1n) is 16.5. The molecule has 4 amide bonds. The third-order valence-corrected chi connectivity index (χ3v) is 7.84. The van der Waals surface area contributed by atoms with Crippen LogP contribution in [-0.2, 0) is 38.2 Å². The highest BCUT2D eigenvalue weighted by Gasteiger charge is 2.30. The first-order chi connectivity index (χ1) is 22.4. The fourth-order valence-corrected chi connectivity index (χ4v) is 5.09. The lowest BCUT2D eigenvalue weighted by molar-refractivity contribution is -0.143. The molecule has 2 unspecified atom stereocenters. The van der Waals surface area contributed by atoms with E-state index in [1.54, 1.807) is 0 Å². The smallest absolute Gasteiger partial charge is 0.326 e. The number of carbonyl (C=O) groups is 6. The molecule has 1 aliphatic rings. The van der Waals surface area contributed by atoms with Crippen LogP contribution in [-0.4, -0.2) is 102 Å². The molecule has 15 nitrogen and oxygen atoms in total. The first kappa shape index (κ1) is 41.3. The van der Waals surface area contributed by atoms with Gasteiger partial charge in [0.1, 0.15) is 12.1 Å². The van der Waals surface area contributed by atoms with Crippen LogP contribution in [0.5, 0.6) is 0 Å². The van der Waals surface area contributed by atoms with Crippen LogP contribution >= 0.6 is 0 Å². The molecule has 1 rings (SSSR count). The lowest BCUT2D eigenvalue weighted by atomic mass is 9.81. The monoisotopic (exact) mass is 670 g/mol. The number of rotatable bonds is 26. The number of nitrogens with one attached hydrogen (secondary N) is 4. The fourth-order valence-electron chi connectivity index (χ4n) is 5.09. The lowest BCUT2D eigenvalue weighted by Crippen LogP contribution is -2.48. The molecule has 1 aliphatic carbocycles. The third-order valence-electron chi connectivity index (χ3n) is 7.84. The summed E-state index contributed by atoms with van der Waals surface area (Å²) in [7, 11) is 0. The molecule has 0 aliphatic heterocycles. The van der Waals surface area contributed by atoms with Crippen LogP contribution in [0.1, 0.15) is 90.4 Å². The summed E-state index contributed by atoms with van der Waals surface area (Å²) in [6, 6.07) is -2.44. The van der Waals surface area contributed by atoms with Crippen molar-refractivity contribution in [2.75, 3.05) is 39.5 Å². The first-order valence-corrected chi connectivity index (χ1v) is 16.5. The van der Waals surface area contributed by atoms with E-state index in [1.807, 2.05) is 6.92 Å². The molecule has 0 bridgehead atoms. The van der Waals surface area contributed by atoms with E-state index in [2.05, 4.69) is 27.8 Å². The second-order valence-corrected chi connectivity index (χ2v) is 11.7. The van der Waals surface area contributed by atoms with Crippen molar-refractivity contribution in [1.29, 1.82) is 0 Å². The van der Waals surface area contributed by atoms with Gasteiger partial charge in [0.05, 0.1) is 19.0 Å². The molecule has 47 heavy (non-hydrogen) atoms. The van der Waals surface area contributed by atoms with Crippen molar-refractivity contribution in [3.05, 3.63) is 12.3 Å². The summed E-state index contributed by atoms with van der Waals surface area (Å²) in [6.07, 6.45) is 4.12. The Morgan fingerprint density at radius 2 is 1.40 bits per heavy atom. The highest BCUT2D eigenvalue weighted by atomic mass is 16.5. The molecular weight excluding hydrogens is 616 g/mol. The largest absolute Gasteiger partial charge is 0.513 e. The molecule has 1 saturated carbocycles. The zero-order chi connectivity index (χ0) is 35.0. The number of hydrogen-bond donors (Lipinski definition) is 7. The number of unbranched alkanes of at least 4 members (excludes halogenated alkanes) is 1. The van der Waals surface area contributed by atoms with Gasteiger partial charge in [-0.1, -0.05) is 6.58 Å².